The maximum absolute atomic E-state index is 13.5. The van der Waals surface area contributed by atoms with Gasteiger partial charge in [0.25, 0.3) is 5.91 Å². The van der Waals surface area contributed by atoms with Gasteiger partial charge in [0.1, 0.15) is 11.9 Å². The number of hydrogen-bond acceptors (Lipinski definition) is 5. The molecule has 1 aromatic heterocycles. The molecule has 8 heteroatoms. The Balaban J connectivity index is 1.58. The first kappa shape index (κ1) is 16.4. The zero-order valence-electron chi connectivity index (χ0n) is 13.4. The summed E-state index contributed by atoms with van der Waals surface area (Å²) in [6, 6.07) is 6.00. The Labute approximate surface area is 138 Å². The Kier molecular flexibility index (Phi) is 5.05. The Morgan fingerprint density at radius 3 is 3.08 bits per heavy atom. The maximum Gasteiger partial charge on any atom is 0.260 e. The molecule has 24 heavy (non-hydrogen) atoms. The van der Waals surface area contributed by atoms with E-state index in [1.165, 1.54) is 12.1 Å². The lowest BCUT2D eigenvalue weighted by atomic mass is 10.2. The fourth-order valence-corrected chi connectivity index (χ4v) is 2.44. The van der Waals surface area contributed by atoms with Gasteiger partial charge < -0.3 is 14.4 Å². The Morgan fingerprint density at radius 1 is 1.50 bits per heavy atom. The van der Waals surface area contributed by atoms with E-state index in [0.29, 0.717) is 25.5 Å². The number of aryl methyl sites for hydroxylation is 1. The highest BCUT2D eigenvalue weighted by Gasteiger charge is 2.28. The van der Waals surface area contributed by atoms with Gasteiger partial charge in [-0.1, -0.05) is 19.1 Å². The highest BCUT2D eigenvalue weighted by Crippen LogP contribution is 2.20. The van der Waals surface area contributed by atoms with Crippen LogP contribution in [0.5, 0.6) is 5.75 Å². The fourth-order valence-electron chi connectivity index (χ4n) is 2.44. The van der Waals surface area contributed by atoms with E-state index in [1.54, 1.807) is 17.0 Å². The minimum atomic E-state index is -0.488. The van der Waals surface area contributed by atoms with Crippen LogP contribution in [0.25, 0.3) is 0 Å². The third-order valence-corrected chi connectivity index (χ3v) is 3.78. The number of nitrogens with one attached hydrogen (secondary N) is 1. The second-order valence-corrected chi connectivity index (χ2v) is 5.41. The molecule has 1 aliphatic rings. The van der Waals surface area contributed by atoms with Gasteiger partial charge in [-0.15, -0.1) is 0 Å². The Hall–Kier alpha value is -2.48. The van der Waals surface area contributed by atoms with E-state index in [4.69, 9.17) is 9.47 Å². The summed E-state index contributed by atoms with van der Waals surface area (Å²) in [5, 5.41) is 6.97. The van der Waals surface area contributed by atoms with Gasteiger partial charge in [-0.2, -0.15) is 5.10 Å². The molecule has 1 atom stereocenters. The van der Waals surface area contributed by atoms with Crippen LogP contribution in [0.2, 0.25) is 0 Å². The number of hydrogen-bond donors (Lipinski definition) is 1. The molecule has 0 radical (unpaired) electrons. The summed E-state index contributed by atoms with van der Waals surface area (Å²) in [6.45, 7) is 2.96. The third kappa shape index (κ3) is 3.70. The predicted molar refractivity (Wildman–Crippen MR) is 82.9 cm³/mol. The molecule has 1 aromatic carbocycles. The largest absolute Gasteiger partial charge is 0.481 e. The summed E-state index contributed by atoms with van der Waals surface area (Å²) < 4.78 is 24.4. The molecular weight excluding hydrogens is 315 g/mol. The molecule has 1 fully saturated rings. The minimum absolute atomic E-state index is 0.0669. The lowest BCUT2D eigenvalue weighted by Gasteiger charge is -2.31. The predicted octanol–water partition coefficient (Wildman–Crippen LogP) is 1.49. The second kappa shape index (κ2) is 7.39. The van der Waals surface area contributed by atoms with Crippen LogP contribution in [0.3, 0.4) is 0 Å². The number of halogens is 1. The summed E-state index contributed by atoms with van der Waals surface area (Å²) in [4.78, 5) is 18.3. The summed E-state index contributed by atoms with van der Waals surface area (Å²) in [5.41, 5.74) is 0. The number of carbonyl (C=O) groups is 1. The molecule has 3 rings (SSSR count). The summed E-state index contributed by atoms with van der Waals surface area (Å²) in [7, 11) is 0. The van der Waals surface area contributed by atoms with Crippen LogP contribution in [-0.2, 0) is 16.0 Å². The van der Waals surface area contributed by atoms with Crippen molar-refractivity contribution >= 4 is 5.91 Å². The maximum atomic E-state index is 13.5. The van der Waals surface area contributed by atoms with E-state index >= 15 is 0 Å². The molecule has 2 aromatic rings. The lowest BCUT2D eigenvalue weighted by Crippen LogP contribution is -2.44. The van der Waals surface area contributed by atoms with Crippen molar-refractivity contribution in [3.63, 3.8) is 0 Å². The number of ether oxygens (including phenoxy) is 2. The minimum Gasteiger partial charge on any atom is -0.481 e. The number of H-pyrrole nitrogens is 1. The summed E-state index contributed by atoms with van der Waals surface area (Å²) in [6.07, 6.45) is 0.381. The molecule has 128 valence electrons. The standard InChI is InChI=1S/C16H19FN4O3/c1-2-14-18-16(20-19-14)13-9-21(7-8-23-13)15(22)10-24-12-6-4-3-5-11(12)17/h3-6,13H,2,7-10H2,1H3,(H,18,19,20)/t13-/m1/s1. The quantitative estimate of drug-likeness (QED) is 0.896. The van der Waals surface area contributed by atoms with Crippen molar-refractivity contribution in [1.29, 1.82) is 0 Å². The number of amides is 1. The fraction of sp³-hybridized carbons (Fsp3) is 0.438. The molecule has 2 heterocycles. The molecular formula is C16H19FN4O3. The lowest BCUT2D eigenvalue weighted by molar-refractivity contribution is -0.141. The topological polar surface area (TPSA) is 80.3 Å². The van der Waals surface area contributed by atoms with Gasteiger partial charge in [0.2, 0.25) is 0 Å². The van der Waals surface area contributed by atoms with Crippen LogP contribution in [-0.4, -0.2) is 52.3 Å². The van der Waals surface area contributed by atoms with E-state index in [0.717, 1.165) is 12.2 Å². The van der Waals surface area contributed by atoms with E-state index < -0.39 is 5.82 Å². The summed E-state index contributed by atoms with van der Waals surface area (Å²) in [5.74, 6) is 0.673. The first-order chi connectivity index (χ1) is 11.7. The first-order valence-corrected chi connectivity index (χ1v) is 7.85. The van der Waals surface area contributed by atoms with E-state index in [-0.39, 0.29) is 24.4 Å². The number of rotatable bonds is 5. The van der Waals surface area contributed by atoms with Crippen LogP contribution in [0.15, 0.2) is 24.3 Å². The monoisotopic (exact) mass is 334 g/mol. The number of morpholine rings is 1. The molecule has 7 nitrogen and oxygen atoms in total. The van der Waals surface area contributed by atoms with Crippen LogP contribution < -0.4 is 4.74 Å². The van der Waals surface area contributed by atoms with Gasteiger partial charge in [0, 0.05) is 13.0 Å². The number of nitrogens with zero attached hydrogens (tertiary/aromatic N) is 3. The third-order valence-electron chi connectivity index (χ3n) is 3.78. The van der Waals surface area contributed by atoms with Crippen LogP contribution in [0.4, 0.5) is 4.39 Å². The molecule has 0 saturated carbocycles. The van der Waals surface area contributed by atoms with Gasteiger partial charge in [-0.25, -0.2) is 9.37 Å². The normalized spacial score (nSPS) is 17.8. The molecule has 0 unspecified atom stereocenters. The molecule has 1 saturated heterocycles. The highest BCUT2D eigenvalue weighted by atomic mass is 19.1. The van der Waals surface area contributed by atoms with Gasteiger partial charge in [0.15, 0.2) is 24.0 Å². The molecule has 0 spiro atoms. The molecule has 1 N–H and O–H groups in total. The number of para-hydroxylation sites is 1. The average molecular weight is 334 g/mol. The van der Waals surface area contributed by atoms with Crippen molar-refractivity contribution in [2.24, 2.45) is 0 Å². The molecule has 1 aliphatic heterocycles. The van der Waals surface area contributed by atoms with E-state index in [9.17, 15) is 9.18 Å². The van der Waals surface area contributed by atoms with Gasteiger partial charge in [-0.05, 0) is 12.1 Å². The Bertz CT molecular complexity index is 706. The average Bonchev–Trinajstić information content (AvgIpc) is 3.10. The van der Waals surface area contributed by atoms with Crippen molar-refractivity contribution in [3.8, 4) is 5.75 Å². The van der Waals surface area contributed by atoms with Crippen molar-refractivity contribution in [3.05, 3.63) is 41.7 Å². The van der Waals surface area contributed by atoms with E-state index in [2.05, 4.69) is 15.2 Å². The van der Waals surface area contributed by atoms with Crippen molar-refractivity contribution < 1.29 is 18.7 Å². The first-order valence-electron chi connectivity index (χ1n) is 7.85. The zero-order chi connectivity index (χ0) is 16.9. The number of benzene rings is 1. The number of aromatic amines is 1. The molecule has 1 amide bonds. The number of aromatic nitrogens is 3. The molecule has 0 bridgehead atoms. The van der Waals surface area contributed by atoms with Crippen LogP contribution in [0, 0.1) is 5.82 Å². The SMILES string of the molecule is CCc1nc([C@H]2CN(C(=O)COc3ccccc3F)CCO2)n[nH]1. The molecule has 0 aliphatic carbocycles. The smallest absolute Gasteiger partial charge is 0.260 e. The van der Waals surface area contributed by atoms with Crippen molar-refractivity contribution in [2.45, 2.75) is 19.4 Å². The van der Waals surface area contributed by atoms with Crippen LogP contribution in [0.1, 0.15) is 24.7 Å². The van der Waals surface area contributed by atoms with Crippen molar-refractivity contribution in [2.75, 3.05) is 26.3 Å². The number of carbonyl (C=O) groups excluding carboxylic acids is 1. The summed E-state index contributed by atoms with van der Waals surface area (Å²) >= 11 is 0. The zero-order valence-corrected chi connectivity index (χ0v) is 13.4. The Morgan fingerprint density at radius 2 is 2.33 bits per heavy atom. The van der Waals surface area contributed by atoms with Crippen molar-refractivity contribution in [1.82, 2.24) is 20.1 Å². The van der Waals surface area contributed by atoms with Gasteiger partial charge in [0.05, 0.1) is 13.2 Å². The van der Waals surface area contributed by atoms with E-state index in [1.807, 2.05) is 6.92 Å². The second-order valence-electron chi connectivity index (χ2n) is 5.41. The van der Waals surface area contributed by atoms with Crippen LogP contribution >= 0.6 is 0 Å². The van der Waals surface area contributed by atoms with Gasteiger partial charge >= 0.3 is 0 Å². The highest BCUT2D eigenvalue weighted by molar-refractivity contribution is 5.77. The van der Waals surface area contributed by atoms with Gasteiger partial charge in [-0.3, -0.25) is 9.89 Å².